The lowest BCUT2D eigenvalue weighted by Gasteiger charge is -2.05. The number of nitrogens with zero attached hydrogens (tertiary/aromatic N) is 3. The van der Waals surface area contributed by atoms with E-state index in [1.54, 1.807) is 20.0 Å². The molecular formula is C9H7Cl2N3O. The number of hydrogen-bond acceptors (Lipinski definition) is 3. The summed E-state index contributed by atoms with van der Waals surface area (Å²) in [4.78, 5) is 15.7. The highest BCUT2D eigenvalue weighted by Crippen LogP contribution is 2.17. The molecule has 0 saturated carbocycles. The van der Waals surface area contributed by atoms with Crippen LogP contribution in [0.5, 0.6) is 0 Å². The van der Waals surface area contributed by atoms with Gasteiger partial charge in [-0.15, -0.1) is 0 Å². The van der Waals surface area contributed by atoms with Crippen molar-refractivity contribution in [3.05, 3.63) is 32.2 Å². The van der Waals surface area contributed by atoms with Gasteiger partial charge in [0, 0.05) is 7.05 Å². The zero-order valence-electron chi connectivity index (χ0n) is 8.08. The number of halogens is 2. The molecule has 0 atom stereocenters. The number of rotatable bonds is 0. The average molecular weight is 244 g/mol. The summed E-state index contributed by atoms with van der Waals surface area (Å²) in [5.41, 5.74) is 0.848. The van der Waals surface area contributed by atoms with Crippen molar-refractivity contribution < 1.29 is 0 Å². The molecule has 6 heteroatoms. The minimum Gasteiger partial charge on any atom is -0.286 e. The smallest absolute Gasteiger partial charge is 0.228 e. The number of fused-ring (bicyclic) bond motifs is 1. The SMILES string of the molecule is Cc1cc2c(=O)c(Cl)nn(C)c2nc1Cl. The van der Waals surface area contributed by atoms with E-state index in [-0.39, 0.29) is 10.6 Å². The Morgan fingerprint density at radius 2 is 2.00 bits per heavy atom. The molecular weight excluding hydrogens is 237 g/mol. The normalized spacial score (nSPS) is 10.9. The fraction of sp³-hybridized carbons (Fsp3) is 0.222. The number of hydrogen-bond donors (Lipinski definition) is 0. The van der Waals surface area contributed by atoms with Crippen LogP contribution in [0.2, 0.25) is 10.3 Å². The molecule has 0 unspecified atom stereocenters. The summed E-state index contributed by atoms with van der Waals surface area (Å²) in [7, 11) is 1.66. The summed E-state index contributed by atoms with van der Waals surface area (Å²) in [6.07, 6.45) is 0. The van der Waals surface area contributed by atoms with Crippen LogP contribution in [0, 0.1) is 6.92 Å². The second kappa shape index (κ2) is 3.47. The van der Waals surface area contributed by atoms with Gasteiger partial charge >= 0.3 is 0 Å². The molecule has 4 nitrogen and oxygen atoms in total. The van der Waals surface area contributed by atoms with E-state index >= 15 is 0 Å². The van der Waals surface area contributed by atoms with Crippen molar-refractivity contribution in [2.75, 3.05) is 0 Å². The van der Waals surface area contributed by atoms with E-state index in [0.29, 0.717) is 16.2 Å². The first-order valence-corrected chi connectivity index (χ1v) is 4.96. The Morgan fingerprint density at radius 3 is 2.67 bits per heavy atom. The molecule has 2 aromatic rings. The summed E-state index contributed by atoms with van der Waals surface area (Å²) in [5, 5.41) is 4.55. The van der Waals surface area contributed by atoms with Crippen LogP contribution in [0.3, 0.4) is 0 Å². The van der Waals surface area contributed by atoms with Crippen LogP contribution in [0.25, 0.3) is 11.0 Å². The minimum absolute atomic E-state index is 0.0616. The number of aromatic nitrogens is 3. The molecule has 0 aliphatic heterocycles. The monoisotopic (exact) mass is 243 g/mol. The Hall–Kier alpha value is -1.13. The highest BCUT2D eigenvalue weighted by molar-refractivity contribution is 6.31. The third-order valence-corrected chi connectivity index (χ3v) is 2.74. The lowest BCUT2D eigenvalue weighted by molar-refractivity contribution is 0.761. The first-order valence-electron chi connectivity index (χ1n) is 4.20. The van der Waals surface area contributed by atoms with E-state index in [1.165, 1.54) is 4.68 Å². The molecule has 78 valence electrons. The van der Waals surface area contributed by atoms with Gasteiger partial charge in [0.15, 0.2) is 10.8 Å². The first kappa shape index (κ1) is 10.4. The summed E-state index contributed by atoms with van der Waals surface area (Å²) in [5.74, 6) is 0. The first-order chi connectivity index (χ1) is 7.00. The van der Waals surface area contributed by atoms with Gasteiger partial charge in [-0.3, -0.25) is 4.79 Å². The molecule has 2 aromatic heterocycles. The summed E-state index contributed by atoms with van der Waals surface area (Å²) in [6, 6.07) is 1.67. The Balaban J connectivity index is 3.04. The molecule has 15 heavy (non-hydrogen) atoms. The molecule has 0 saturated heterocycles. The van der Waals surface area contributed by atoms with E-state index in [2.05, 4.69) is 10.1 Å². The van der Waals surface area contributed by atoms with Gasteiger partial charge in [0.25, 0.3) is 0 Å². The van der Waals surface area contributed by atoms with Crippen molar-refractivity contribution in [1.29, 1.82) is 0 Å². The number of pyridine rings is 1. The van der Waals surface area contributed by atoms with E-state index in [0.717, 1.165) is 5.56 Å². The molecule has 0 aliphatic rings. The molecule has 0 spiro atoms. The van der Waals surface area contributed by atoms with Gasteiger partial charge in [-0.05, 0) is 18.6 Å². The fourth-order valence-corrected chi connectivity index (χ4v) is 1.68. The molecule has 0 aliphatic carbocycles. The molecule has 0 bridgehead atoms. The predicted octanol–water partition coefficient (Wildman–Crippen LogP) is 1.94. The Bertz CT molecular complexity index is 606. The number of aryl methyl sites for hydroxylation is 2. The lowest BCUT2D eigenvalue weighted by Crippen LogP contribution is -2.13. The van der Waals surface area contributed by atoms with E-state index in [4.69, 9.17) is 23.2 Å². The van der Waals surface area contributed by atoms with Crippen LogP contribution in [0.1, 0.15) is 5.56 Å². The standard InChI is InChI=1S/C9H7Cl2N3O/c1-4-3-5-6(15)8(11)13-14(2)9(5)12-7(4)10/h3H,1-2H3. The van der Waals surface area contributed by atoms with Crippen molar-refractivity contribution in [3.63, 3.8) is 0 Å². The quantitative estimate of drug-likeness (QED) is 0.665. The largest absolute Gasteiger partial charge is 0.286 e. The van der Waals surface area contributed by atoms with Crippen molar-refractivity contribution in [2.45, 2.75) is 6.92 Å². The van der Waals surface area contributed by atoms with Crippen LogP contribution in [0.4, 0.5) is 0 Å². The summed E-state index contributed by atoms with van der Waals surface area (Å²) < 4.78 is 1.43. The molecule has 0 aromatic carbocycles. The van der Waals surface area contributed by atoms with Crippen LogP contribution in [-0.2, 0) is 7.05 Å². The Morgan fingerprint density at radius 1 is 1.33 bits per heavy atom. The highest BCUT2D eigenvalue weighted by atomic mass is 35.5. The maximum atomic E-state index is 11.7. The zero-order chi connectivity index (χ0) is 11.2. The molecule has 0 N–H and O–H groups in total. The second-order valence-corrected chi connectivity index (χ2v) is 3.93. The van der Waals surface area contributed by atoms with E-state index in [1.807, 2.05) is 0 Å². The van der Waals surface area contributed by atoms with Crippen LogP contribution in [-0.4, -0.2) is 14.8 Å². The second-order valence-electron chi connectivity index (χ2n) is 3.21. The van der Waals surface area contributed by atoms with Crippen LogP contribution < -0.4 is 5.43 Å². The zero-order valence-corrected chi connectivity index (χ0v) is 9.60. The summed E-state index contributed by atoms with van der Waals surface area (Å²) >= 11 is 11.5. The maximum Gasteiger partial charge on any atom is 0.228 e. The van der Waals surface area contributed by atoms with Gasteiger partial charge in [-0.25, -0.2) is 9.67 Å². The lowest BCUT2D eigenvalue weighted by atomic mass is 10.2. The van der Waals surface area contributed by atoms with Crippen molar-refractivity contribution in [1.82, 2.24) is 14.8 Å². The van der Waals surface area contributed by atoms with Gasteiger partial charge in [0.1, 0.15) is 5.15 Å². The van der Waals surface area contributed by atoms with Crippen LogP contribution in [0.15, 0.2) is 10.9 Å². The molecule has 2 rings (SSSR count). The average Bonchev–Trinajstić information content (AvgIpc) is 2.18. The van der Waals surface area contributed by atoms with E-state index in [9.17, 15) is 4.79 Å². The summed E-state index contributed by atoms with van der Waals surface area (Å²) in [6.45, 7) is 1.78. The molecule has 0 amide bonds. The molecule has 0 radical (unpaired) electrons. The fourth-order valence-electron chi connectivity index (χ4n) is 1.33. The highest BCUT2D eigenvalue weighted by Gasteiger charge is 2.10. The Labute approximate surface area is 95.4 Å². The Kier molecular flexibility index (Phi) is 2.40. The van der Waals surface area contributed by atoms with Crippen molar-refractivity contribution in [2.24, 2.45) is 7.05 Å². The van der Waals surface area contributed by atoms with E-state index < -0.39 is 0 Å². The van der Waals surface area contributed by atoms with Gasteiger partial charge in [0.05, 0.1) is 5.39 Å². The van der Waals surface area contributed by atoms with Gasteiger partial charge in [-0.1, -0.05) is 23.2 Å². The van der Waals surface area contributed by atoms with Crippen molar-refractivity contribution in [3.8, 4) is 0 Å². The van der Waals surface area contributed by atoms with Gasteiger partial charge in [-0.2, -0.15) is 5.10 Å². The van der Waals surface area contributed by atoms with Crippen LogP contribution >= 0.6 is 23.2 Å². The van der Waals surface area contributed by atoms with Crippen molar-refractivity contribution >= 4 is 34.2 Å². The third-order valence-electron chi connectivity index (χ3n) is 2.11. The van der Waals surface area contributed by atoms with Gasteiger partial charge < -0.3 is 0 Å². The minimum atomic E-state index is -0.322. The molecule has 0 fully saturated rings. The van der Waals surface area contributed by atoms with Gasteiger partial charge in [0.2, 0.25) is 5.43 Å². The third kappa shape index (κ3) is 1.60. The topological polar surface area (TPSA) is 47.8 Å². The molecule has 2 heterocycles. The maximum absolute atomic E-state index is 11.7. The predicted molar refractivity (Wildman–Crippen MR) is 59.5 cm³/mol.